The highest BCUT2D eigenvalue weighted by Gasteiger charge is 2.22. The number of benzene rings is 2. The van der Waals surface area contributed by atoms with E-state index in [0.717, 1.165) is 77.4 Å². The van der Waals surface area contributed by atoms with Gasteiger partial charge in [0.05, 0.1) is 24.4 Å². The Morgan fingerprint density at radius 2 is 1.77 bits per heavy atom. The van der Waals surface area contributed by atoms with Crippen LogP contribution in [0.25, 0.3) is 11.0 Å². The summed E-state index contributed by atoms with van der Waals surface area (Å²) in [6.45, 7) is 6.91. The van der Waals surface area contributed by atoms with Crippen LogP contribution in [0.1, 0.15) is 64.2 Å². The van der Waals surface area contributed by atoms with Gasteiger partial charge in [0, 0.05) is 61.3 Å². The van der Waals surface area contributed by atoms with Crippen molar-refractivity contribution in [2.24, 2.45) is 0 Å². The highest BCUT2D eigenvalue weighted by Crippen LogP contribution is 2.31. The van der Waals surface area contributed by atoms with Crippen LogP contribution in [0, 0.1) is 0 Å². The highest BCUT2D eigenvalue weighted by molar-refractivity contribution is 6.32. The number of anilines is 1. The molecule has 3 N–H and O–H groups in total. The SMILES string of the molecule is Bc1cc(CNC(=O)c2cccc(C(=O)NCc3c(CC)nc4c(cnn4CC)c3NC3CCOCC3)c2)cc(OC)c1. The molecule has 11 heteroatoms. The Hall–Kier alpha value is -4.38. The van der Waals surface area contributed by atoms with Gasteiger partial charge in [0.15, 0.2) is 5.65 Å². The van der Waals surface area contributed by atoms with Gasteiger partial charge in [-0.15, -0.1) is 0 Å². The zero-order valence-electron chi connectivity index (χ0n) is 25.3. The van der Waals surface area contributed by atoms with Crippen molar-refractivity contribution in [3.8, 4) is 5.75 Å². The summed E-state index contributed by atoms with van der Waals surface area (Å²) in [4.78, 5) is 31.3. The lowest BCUT2D eigenvalue weighted by Crippen LogP contribution is -2.30. The Morgan fingerprint density at radius 1 is 1.05 bits per heavy atom. The molecule has 0 atom stereocenters. The lowest BCUT2D eigenvalue weighted by molar-refractivity contribution is 0.0904. The third-order valence-corrected chi connectivity index (χ3v) is 7.79. The Morgan fingerprint density at radius 3 is 2.44 bits per heavy atom. The lowest BCUT2D eigenvalue weighted by Gasteiger charge is -2.26. The summed E-state index contributed by atoms with van der Waals surface area (Å²) >= 11 is 0. The molecule has 0 saturated carbocycles. The molecule has 2 aromatic carbocycles. The molecule has 43 heavy (non-hydrogen) atoms. The van der Waals surface area contributed by atoms with Crippen molar-refractivity contribution in [2.45, 2.75) is 58.8 Å². The highest BCUT2D eigenvalue weighted by atomic mass is 16.5. The number of amides is 2. The molecule has 2 amide bonds. The predicted octanol–water partition coefficient (Wildman–Crippen LogP) is 2.73. The van der Waals surface area contributed by atoms with E-state index in [1.165, 1.54) is 0 Å². The molecule has 224 valence electrons. The van der Waals surface area contributed by atoms with Crippen LogP contribution in [0.3, 0.4) is 0 Å². The van der Waals surface area contributed by atoms with Gasteiger partial charge in [-0.3, -0.25) is 9.59 Å². The third-order valence-electron chi connectivity index (χ3n) is 7.79. The number of nitrogens with zero attached hydrogens (tertiary/aromatic N) is 3. The van der Waals surface area contributed by atoms with E-state index < -0.39 is 0 Å². The van der Waals surface area contributed by atoms with Gasteiger partial charge in [-0.05, 0) is 62.1 Å². The van der Waals surface area contributed by atoms with Gasteiger partial charge in [0.1, 0.15) is 13.6 Å². The van der Waals surface area contributed by atoms with Crippen molar-refractivity contribution in [1.82, 2.24) is 25.4 Å². The van der Waals surface area contributed by atoms with Gasteiger partial charge in [-0.1, -0.05) is 24.5 Å². The van der Waals surface area contributed by atoms with E-state index in [4.69, 9.17) is 14.5 Å². The normalized spacial score (nSPS) is 13.6. The molecule has 0 aliphatic carbocycles. The molecule has 1 aliphatic heterocycles. The van der Waals surface area contributed by atoms with Crippen LogP contribution in [-0.4, -0.2) is 60.8 Å². The Kier molecular flexibility index (Phi) is 9.61. The quantitative estimate of drug-likeness (QED) is 0.233. The van der Waals surface area contributed by atoms with E-state index in [2.05, 4.69) is 28.0 Å². The van der Waals surface area contributed by atoms with Crippen LogP contribution >= 0.6 is 0 Å². The number of aryl methyl sites for hydroxylation is 2. The van der Waals surface area contributed by atoms with Crippen LogP contribution in [0.15, 0.2) is 48.7 Å². The summed E-state index contributed by atoms with van der Waals surface area (Å²) in [5.74, 6) is 0.226. The maximum atomic E-state index is 13.4. The summed E-state index contributed by atoms with van der Waals surface area (Å²) in [6.07, 6.45) is 4.38. The number of methoxy groups -OCH3 is 1. The van der Waals surface area contributed by atoms with Crippen molar-refractivity contribution in [2.75, 3.05) is 25.6 Å². The number of aromatic nitrogens is 3. The zero-order chi connectivity index (χ0) is 30.3. The first-order chi connectivity index (χ1) is 20.9. The fourth-order valence-electron chi connectivity index (χ4n) is 5.50. The second kappa shape index (κ2) is 13.7. The minimum absolute atomic E-state index is 0.256. The van der Waals surface area contributed by atoms with Gasteiger partial charge >= 0.3 is 0 Å². The van der Waals surface area contributed by atoms with Crippen molar-refractivity contribution >= 4 is 41.8 Å². The minimum atomic E-state index is -0.263. The first-order valence-electron chi connectivity index (χ1n) is 14.9. The smallest absolute Gasteiger partial charge is 0.251 e. The molecule has 0 radical (unpaired) electrons. The summed E-state index contributed by atoms with van der Waals surface area (Å²) in [6, 6.07) is 12.9. The molecule has 2 aromatic heterocycles. The van der Waals surface area contributed by atoms with Crippen molar-refractivity contribution in [3.05, 3.63) is 76.6 Å². The number of hydrogen-bond donors (Lipinski definition) is 3. The number of hydrogen-bond acceptors (Lipinski definition) is 7. The number of carbonyl (C=O) groups excluding carboxylic acids is 2. The van der Waals surface area contributed by atoms with Crippen molar-refractivity contribution in [1.29, 1.82) is 0 Å². The van der Waals surface area contributed by atoms with E-state index in [-0.39, 0.29) is 17.9 Å². The van der Waals surface area contributed by atoms with E-state index in [1.54, 1.807) is 31.4 Å². The minimum Gasteiger partial charge on any atom is -0.497 e. The van der Waals surface area contributed by atoms with Gasteiger partial charge in [-0.2, -0.15) is 5.10 Å². The number of fused-ring (bicyclic) bond motifs is 1. The summed E-state index contributed by atoms with van der Waals surface area (Å²) in [5, 5.41) is 15.3. The molecule has 1 saturated heterocycles. The standard InChI is InChI=1S/C32H39BN6O4/c1-4-28-26(29(37-24-9-11-43-12-10-24)27-19-36-39(5-2)30(27)38-28)18-35-32(41)22-8-6-7-21(15-22)31(40)34-17-20-13-23(33)16-25(14-20)42-3/h6-8,13-16,19,24H,4-5,9-12,17-18,33H2,1-3H3,(H,34,40)(H,35,41)(H,37,38). The predicted molar refractivity (Wildman–Crippen MR) is 170 cm³/mol. The Labute approximate surface area is 253 Å². The fourth-order valence-corrected chi connectivity index (χ4v) is 5.50. The average molecular weight is 583 g/mol. The molecular formula is C32H39BN6O4. The van der Waals surface area contributed by atoms with Crippen molar-refractivity contribution in [3.63, 3.8) is 0 Å². The monoisotopic (exact) mass is 582 g/mol. The molecule has 0 spiro atoms. The second-order valence-corrected chi connectivity index (χ2v) is 10.8. The number of rotatable bonds is 11. The zero-order valence-corrected chi connectivity index (χ0v) is 25.3. The molecule has 3 heterocycles. The molecule has 5 rings (SSSR count). The number of nitrogens with one attached hydrogen (secondary N) is 3. The second-order valence-electron chi connectivity index (χ2n) is 10.8. The molecular weight excluding hydrogens is 543 g/mol. The summed E-state index contributed by atoms with van der Waals surface area (Å²) in [5.41, 5.74) is 6.49. The average Bonchev–Trinajstić information content (AvgIpc) is 3.45. The first kappa shape index (κ1) is 30.1. The van der Waals surface area contributed by atoms with Crippen LogP contribution < -0.4 is 26.2 Å². The van der Waals surface area contributed by atoms with Crippen molar-refractivity contribution < 1.29 is 19.1 Å². The number of pyridine rings is 1. The van der Waals surface area contributed by atoms with Gasteiger partial charge in [0.25, 0.3) is 11.8 Å². The van der Waals surface area contributed by atoms with Crippen LogP contribution in [-0.2, 0) is 30.8 Å². The molecule has 1 aliphatic rings. The number of ether oxygens (including phenoxy) is 2. The summed E-state index contributed by atoms with van der Waals surface area (Å²) in [7, 11) is 3.60. The fraction of sp³-hybridized carbons (Fsp3) is 0.375. The Bertz CT molecular complexity index is 1620. The third kappa shape index (κ3) is 6.99. The topological polar surface area (TPSA) is 119 Å². The van der Waals surface area contributed by atoms with Gasteiger partial charge in [-0.25, -0.2) is 9.67 Å². The van der Waals surface area contributed by atoms with Crippen LogP contribution in [0.5, 0.6) is 5.75 Å². The number of carbonyl (C=O) groups is 2. The Balaban J connectivity index is 1.33. The molecule has 1 fully saturated rings. The van der Waals surface area contributed by atoms with E-state index in [0.29, 0.717) is 30.6 Å². The van der Waals surface area contributed by atoms with Crippen LogP contribution in [0.2, 0.25) is 0 Å². The lowest BCUT2D eigenvalue weighted by atomic mass is 9.94. The molecule has 10 nitrogen and oxygen atoms in total. The summed E-state index contributed by atoms with van der Waals surface area (Å²) < 4.78 is 12.8. The van der Waals surface area contributed by atoms with Gasteiger partial charge in [0.2, 0.25) is 0 Å². The molecule has 4 aromatic rings. The van der Waals surface area contributed by atoms with E-state index >= 15 is 0 Å². The van der Waals surface area contributed by atoms with E-state index in [9.17, 15) is 9.59 Å². The first-order valence-corrected chi connectivity index (χ1v) is 14.9. The van der Waals surface area contributed by atoms with Crippen LogP contribution in [0.4, 0.5) is 5.69 Å². The molecule has 0 unspecified atom stereocenters. The van der Waals surface area contributed by atoms with E-state index in [1.807, 2.05) is 43.8 Å². The molecule has 0 bridgehead atoms. The maximum Gasteiger partial charge on any atom is 0.251 e. The largest absolute Gasteiger partial charge is 0.497 e. The maximum absolute atomic E-state index is 13.4. The van der Waals surface area contributed by atoms with Gasteiger partial charge < -0.3 is 25.4 Å².